The molecule has 140 valence electrons. The van der Waals surface area contributed by atoms with Gasteiger partial charge in [-0.05, 0) is 55.2 Å². The van der Waals surface area contributed by atoms with Gasteiger partial charge in [0, 0.05) is 11.1 Å². The summed E-state index contributed by atoms with van der Waals surface area (Å²) in [7, 11) is 0. The SMILES string of the molecule is C=C1c2cc3c(cc2C(=O)C1C(C)=O)C(=O)C(C(C)=O)(C(C)=O)C3=C.CC. The van der Waals surface area contributed by atoms with Gasteiger partial charge in [0.25, 0.3) is 0 Å². The molecule has 27 heavy (non-hydrogen) atoms. The first-order valence-electron chi connectivity index (χ1n) is 8.75. The lowest BCUT2D eigenvalue weighted by Crippen LogP contribution is -2.41. The molecule has 1 aromatic rings. The Morgan fingerprint density at radius 1 is 0.852 bits per heavy atom. The molecule has 0 aromatic heterocycles. The number of Topliss-reactive ketones (excluding diaryl/α,β-unsaturated/α-hetero) is 5. The van der Waals surface area contributed by atoms with E-state index in [1.165, 1.54) is 26.8 Å². The third kappa shape index (κ3) is 2.41. The van der Waals surface area contributed by atoms with Crippen molar-refractivity contribution in [1.82, 2.24) is 0 Å². The van der Waals surface area contributed by atoms with Gasteiger partial charge in [0.1, 0.15) is 11.7 Å². The molecule has 0 fully saturated rings. The van der Waals surface area contributed by atoms with Crippen LogP contribution in [0.5, 0.6) is 0 Å². The van der Waals surface area contributed by atoms with Crippen molar-refractivity contribution in [3.05, 3.63) is 47.5 Å². The third-order valence-corrected chi connectivity index (χ3v) is 5.21. The van der Waals surface area contributed by atoms with Crippen LogP contribution < -0.4 is 0 Å². The highest BCUT2D eigenvalue weighted by atomic mass is 16.2. The van der Waals surface area contributed by atoms with Crippen LogP contribution in [0, 0.1) is 11.3 Å². The average molecular weight is 366 g/mol. The van der Waals surface area contributed by atoms with E-state index in [1.54, 1.807) is 6.07 Å². The van der Waals surface area contributed by atoms with Gasteiger partial charge in [-0.3, -0.25) is 24.0 Å². The summed E-state index contributed by atoms with van der Waals surface area (Å²) >= 11 is 0. The van der Waals surface area contributed by atoms with E-state index in [0.29, 0.717) is 16.7 Å². The maximum Gasteiger partial charge on any atom is 0.188 e. The van der Waals surface area contributed by atoms with Crippen molar-refractivity contribution in [2.45, 2.75) is 34.6 Å². The van der Waals surface area contributed by atoms with Crippen molar-refractivity contribution in [2.75, 3.05) is 0 Å². The van der Waals surface area contributed by atoms with Crippen LogP contribution in [-0.4, -0.2) is 28.9 Å². The lowest BCUT2D eigenvalue weighted by molar-refractivity contribution is -0.131. The average Bonchev–Trinajstić information content (AvgIpc) is 2.98. The number of carbonyl (C=O) groups excluding carboxylic acids is 5. The fraction of sp³-hybridized carbons (Fsp3) is 0.318. The smallest absolute Gasteiger partial charge is 0.188 e. The first-order valence-corrected chi connectivity index (χ1v) is 8.75. The van der Waals surface area contributed by atoms with Gasteiger partial charge in [-0.15, -0.1) is 0 Å². The van der Waals surface area contributed by atoms with Crippen LogP contribution in [-0.2, 0) is 14.4 Å². The van der Waals surface area contributed by atoms with Gasteiger partial charge in [0.05, 0.1) is 0 Å². The number of fused-ring (bicyclic) bond motifs is 2. The van der Waals surface area contributed by atoms with Crippen molar-refractivity contribution < 1.29 is 24.0 Å². The molecule has 5 nitrogen and oxygen atoms in total. The minimum Gasteiger partial charge on any atom is -0.299 e. The molecular weight excluding hydrogens is 344 g/mol. The van der Waals surface area contributed by atoms with Gasteiger partial charge in [0.15, 0.2) is 28.5 Å². The second-order valence-electron chi connectivity index (χ2n) is 6.55. The Bertz CT molecular complexity index is 890. The van der Waals surface area contributed by atoms with Gasteiger partial charge in [-0.2, -0.15) is 0 Å². The van der Waals surface area contributed by atoms with Gasteiger partial charge >= 0.3 is 0 Å². The first kappa shape index (κ1) is 20.4. The Kier molecular flexibility index (Phi) is 5.02. The molecule has 2 aliphatic carbocycles. The summed E-state index contributed by atoms with van der Waals surface area (Å²) in [6, 6.07) is 2.91. The zero-order chi connectivity index (χ0) is 20.8. The van der Waals surface area contributed by atoms with Crippen molar-refractivity contribution in [3.8, 4) is 0 Å². The van der Waals surface area contributed by atoms with E-state index in [4.69, 9.17) is 0 Å². The molecule has 0 radical (unpaired) electrons. The van der Waals surface area contributed by atoms with E-state index in [0.717, 1.165) is 0 Å². The Morgan fingerprint density at radius 3 is 1.78 bits per heavy atom. The molecule has 1 atom stereocenters. The Balaban J connectivity index is 0.00000126. The van der Waals surface area contributed by atoms with Gasteiger partial charge < -0.3 is 0 Å². The highest BCUT2D eigenvalue weighted by Gasteiger charge is 2.56. The summed E-state index contributed by atoms with van der Waals surface area (Å²) in [5.41, 5.74) is -0.317. The number of ketones is 5. The Morgan fingerprint density at radius 2 is 1.33 bits per heavy atom. The molecule has 1 unspecified atom stereocenters. The fourth-order valence-electron chi connectivity index (χ4n) is 3.94. The minimum atomic E-state index is -1.93. The molecule has 2 aliphatic rings. The third-order valence-electron chi connectivity index (χ3n) is 5.21. The molecule has 0 bridgehead atoms. The quantitative estimate of drug-likeness (QED) is 0.764. The van der Waals surface area contributed by atoms with E-state index >= 15 is 0 Å². The second-order valence-corrected chi connectivity index (χ2v) is 6.55. The Labute approximate surface area is 158 Å². The topological polar surface area (TPSA) is 85.3 Å². The van der Waals surface area contributed by atoms with Crippen LogP contribution in [0.25, 0.3) is 11.1 Å². The molecule has 0 amide bonds. The highest BCUT2D eigenvalue weighted by Crippen LogP contribution is 2.50. The van der Waals surface area contributed by atoms with Crippen molar-refractivity contribution in [2.24, 2.45) is 11.3 Å². The van der Waals surface area contributed by atoms with Crippen molar-refractivity contribution in [1.29, 1.82) is 0 Å². The summed E-state index contributed by atoms with van der Waals surface area (Å²) in [5, 5.41) is 0. The van der Waals surface area contributed by atoms with Crippen molar-refractivity contribution in [3.63, 3.8) is 0 Å². The normalized spacial score (nSPS) is 19.2. The largest absolute Gasteiger partial charge is 0.299 e. The zero-order valence-electron chi connectivity index (χ0n) is 16.2. The standard InChI is InChI=1S/C20H16O5.C2H6/c1-8-13-6-14-9(2)20(11(4)22,12(5)23)19(25)16(14)7-15(13)18(24)17(8)10(3)21;1-2/h6-7,17H,1-2H2,3-5H3;1-2H3. The molecule has 0 aliphatic heterocycles. The number of allylic oxidation sites excluding steroid dienone is 2. The van der Waals surface area contributed by atoms with E-state index in [-0.39, 0.29) is 22.5 Å². The monoisotopic (exact) mass is 366 g/mol. The predicted molar refractivity (Wildman–Crippen MR) is 102 cm³/mol. The Hall–Kier alpha value is -2.95. The van der Waals surface area contributed by atoms with E-state index in [1.807, 2.05) is 13.8 Å². The van der Waals surface area contributed by atoms with Gasteiger partial charge in [-0.1, -0.05) is 27.0 Å². The molecule has 0 N–H and O–H groups in total. The number of carbonyl (C=O) groups is 5. The fourth-order valence-corrected chi connectivity index (χ4v) is 3.94. The number of hydrogen-bond donors (Lipinski definition) is 0. The summed E-state index contributed by atoms with van der Waals surface area (Å²) in [4.78, 5) is 61.6. The van der Waals surface area contributed by atoms with Crippen LogP contribution in [0.4, 0.5) is 0 Å². The van der Waals surface area contributed by atoms with Crippen LogP contribution in [0.3, 0.4) is 0 Å². The molecule has 0 saturated carbocycles. The van der Waals surface area contributed by atoms with Crippen LogP contribution in [0.1, 0.15) is 66.5 Å². The molecule has 3 rings (SSSR count). The van der Waals surface area contributed by atoms with E-state index in [2.05, 4.69) is 13.2 Å². The van der Waals surface area contributed by atoms with Crippen molar-refractivity contribution >= 4 is 40.1 Å². The molecule has 5 heteroatoms. The van der Waals surface area contributed by atoms with Gasteiger partial charge in [0.2, 0.25) is 0 Å². The zero-order valence-corrected chi connectivity index (χ0v) is 16.2. The lowest BCUT2D eigenvalue weighted by Gasteiger charge is -2.22. The molecular formula is C22H22O5. The van der Waals surface area contributed by atoms with Crippen LogP contribution in [0.15, 0.2) is 25.3 Å². The van der Waals surface area contributed by atoms with E-state index < -0.39 is 34.5 Å². The maximum atomic E-state index is 12.9. The first-order chi connectivity index (χ1) is 12.6. The molecule has 1 aromatic carbocycles. The minimum absolute atomic E-state index is 0.111. The molecule has 0 heterocycles. The molecule has 0 saturated heterocycles. The summed E-state index contributed by atoms with van der Waals surface area (Å²) in [6.45, 7) is 15.3. The summed E-state index contributed by atoms with van der Waals surface area (Å²) in [5.74, 6) is -3.56. The lowest BCUT2D eigenvalue weighted by atomic mass is 9.74. The highest BCUT2D eigenvalue weighted by molar-refractivity contribution is 6.40. The van der Waals surface area contributed by atoms with Crippen LogP contribution >= 0.6 is 0 Å². The maximum absolute atomic E-state index is 12.9. The van der Waals surface area contributed by atoms with Crippen LogP contribution in [0.2, 0.25) is 0 Å². The van der Waals surface area contributed by atoms with Gasteiger partial charge in [-0.25, -0.2) is 0 Å². The number of rotatable bonds is 3. The second kappa shape index (κ2) is 6.65. The number of hydrogen-bond acceptors (Lipinski definition) is 5. The molecule has 0 spiro atoms. The predicted octanol–water partition coefficient (Wildman–Crippen LogP) is 3.50. The number of benzene rings is 1. The summed E-state index contributed by atoms with van der Waals surface area (Å²) < 4.78 is 0. The summed E-state index contributed by atoms with van der Waals surface area (Å²) in [6.07, 6.45) is 0. The van der Waals surface area contributed by atoms with E-state index in [9.17, 15) is 24.0 Å².